The van der Waals surface area contributed by atoms with Crippen molar-refractivity contribution in [2.24, 2.45) is 0 Å². The summed E-state index contributed by atoms with van der Waals surface area (Å²) in [5.41, 5.74) is 4.96. The summed E-state index contributed by atoms with van der Waals surface area (Å²) in [5.74, 6) is 0.849. The van der Waals surface area contributed by atoms with Gasteiger partial charge in [-0.05, 0) is 48.4 Å². The van der Waals surface area contributed by atoms with E-state index in [4.69, 9.17) is 4.74 Å². The molecule has 1 fully saturated rings. The van der Waals surface area contributed by atoms with Crippen molar-refractivity contribution in [3.63, 3.8) is 0 Å². The fraction of sp³-hybridized carbons (Fsp3) is 0.269. The SMILES string of the molecule is COc1ccccc1N1CCN(Cc2ccc(C(=O)Nc3ccccc3C)cc2)CC1. The smallest absolute Gasteiger partial charge is 0.255 e. The molecule has 1 aliphatic heterocycles. The lowest BCUT2D eigenvalue weighted by atomic mass is 10.1. The van der Waals surface area contributed by atoms with Crippen LogP contribution in [0.3, 0.4) is 0 Å². The molecule has 5 heteroatoms. The zero-order valence-electron chi connectivity index (χ0n) is 18.2. The number of carbonyl (C=O) groups excluding carboxylic acids is 1. The number of rotatable bonds is 6. The van der Waals surface area contributed by atoms with Gasteiger partial charge < -0.3 is 15.0 Å². The Morgan fingerprint density at radius 3 is 2.29 bits per heavy atom. The Hall–Kier alpha value is -3.31. The topological polar surface area (TPSA) is 44.8 Å². The molecule has 3 aromatic rings. The first kappa shape index (κ1) is 20.9. The Labute approximate surface area is 184 Å². The molecule has 0 radical (unpaired) electrons. The van der Waals surface area contributed by atoms with Crippen molar-refractivity contribution in [2.75, 3.05) is 43.5 Å². The van der Waals surface area contributed by atoms with Gasteiger partial charge in [-0.15, -0.1) is 0 Å². The van der Waals surface area contributed by atoms with Crippen LogP contribution in [-0.2, 0) is 6.54 Å². The zero-order valence-corrected chi connectivity index (χ0v) is 18.2. The summed E-state index contributed by atoms with van der Waals surface area (Å²) < 4.78 is 5.51. The first-order valence-corrected chi connectivity index (χ1v) is 10.7. The summed E-state index contributed by atoms with van der Waals surface area (Å²) in [6, 6.07) is 23.9. The highest BCUT2D eigenvalue weighted by Gasteiger charge is 2.19. The monoisotopic (exact) mass is 415 g/mol. The van der Waals surface area contributed by atoms with Gasteiger partial charge in [-0.3, -0.25) is 9.69 Å². The van der Waals surface area contributed by atoms with Crippen LogP contribution in [0.25, 0.3) is 0 Å². The van der Waals surface area contributed by atoms with Crippen LogP contribution in [0.2, 0.25) is 0 Å². The minimum atomic E-state index is -0.0775. The predicted molar refractivity (Wildman–Crippen MR) is 126 cm³/mol. The number of nitrogens with zero attached hydrogens (tertiary/aromatic N) is 2. The Morgan fingerprint density at radius 2 is 1.58 bits per heavy atom. The molecule has 0 aliphatic carbocycles. The molecule has 1 N–H and O–H groups in total. The number of aryl methyl sites for hydroxylation is 1. The molecule has 160 valence electrons. The van der Waals surface area contributed by atoms with Crippen LogP contribution in [0, 0.1) is 6.92 Å². The van der Waals surface area contributed by atoms with E-state index < -0.39 is 0 Å². The van der Waals surface area contributed by atoms with Crippen molar-refractivity contribution in [3.8, 4) is 5.75 Å². The van der Waals surface area contributed by atoms with Crippen molar-refractivity contribution >= 4 is 17.3 Å². The van der Waals surface area contributed by atoms with E-state index in [1.54, 1.807) is 7.11 Å². The van der Waals surface area contributed by atoms with E-state index in [-0.39, 0.29) is 5.91 Å². The second-order valence-corrected chi connectivity index (χ2v) is 7.90. The number of ether oxygens (including phenoxy) is 1. The van der Waals surface area contributed by atoms with Gasteiger partial charge in [0.1, 0.15) is 5.75 Å². The van der Waals surface area contributed by atoms with Gasteiger partial charge in [0, 0.05) is 44.0 Å². The van der Waals surface area contributed by atoms with E-state index >= 15 is 0 Å². The number of para-hydroxylation sites is 3. The lowest BCUT2D eigenvalue weighted by Crippen LogP contribution is -2.46. The Kier molecular flexibility index (Phi) is 6.53. The zero-order chi connectivity index (χ0) is 21.6. The van der Waals surface area contributed by atoms with Gasteiger partial charge in [0.15, 0.2) is 0 Å². The van der Waals surface area contributed by atoms with Gasteiger partial charge >= 0.3 is 0 Å². The van der Waals surface area contributed by atoms with Crippen molar-refractivity contribution in [1.82, 2.24) is 4.90 Å². The van der Waals surface area contributed by atoms with Crippen molar-refractivity contribution in [1.29, 1.82) is 0 Å². The first-order chi connectivity index (χ1) is 15.1. The number of nitrogens with one attached hydrogen (secondary N) is 1. The van der Waals surface area contributed by atoms with Crippen LogP contribution in [0.4, 0.5) is 11.4 Å². The molecule has 1 aliphatic rings. The third kappa shape index (κ3) is 5.06. The average molecular weight is 416 g/mol. The quantitative estimate of drug-likeness (QED) is 0.640. The number of piperazine rings is 1. The molecule has 0 spiro atoms. The van der Waals surface area contributed by atoms with Gasteiger partial charge in [-0.1, -0.05) is 42.5 Å². The molecule has 31 heavy (non-hydrogen) atoms. The molecule has 1 amide bonds. The fourth-order valence-corrected chi connectivity index (χ4v) is 3.97. The Balaban J connectivity index is 1.32. The molecular formula is C26H29N3O2. The van der Waals surface area contributed by atoms with E-state index in [0.29, 0.717) is 5.56 Å². The van der Waals surface area contributed by atoms with Crippen molar-refractivity contribution in [2.45, 2.75) is 13.5 Å². The van der Waals surface area contributed by atoms with E-state index in [2.05, 4.69) is 39.4 Å². The van der Waals surface area contributed by atoms with Gasteiger partial charge in [0.05, 0.1) is 12.8 Å². The highest BCUT2D eigenvalue weighted by atomic mass is 16.5. The van der Waals surface area contributed by atoms with Crippen LogP contribution < -0.4 is 15.0 Å². The molecule has 4 rings (SSSR count). The number of hydrogen-bond donors (Lipinski definition) is 1. The van der Waals surface area contributed by atoms with Crippen LogP contribution in [0.5, 0.6) is 5.75 Å². The third-order valence-corrected chi connectivity index (χ3v) is 5.81. The maximum Gasteiger partial charge on any atom is 0.255 e. The molecule has 0 unspecified atom stereocenters. The molecule has 1 saturated heterocycles. The lowest BCUT2D eigenvalue weighted by molar-refractivity contribution is 0.102. The van der Waals surface area contributed by atoms with Crippen LogP contribution in [-0.4, -0.2) is 44.1 Å². The summed E-state index contributed by atoms with van der Waals surface area (Å²) in [6.45, 7) is 6.81. The lowest BCUT2D eigenvalue weighted by Gasteiger charge is -2.36. The van der Waals surface area contributed by atoms with Crippen molar-refractivity contribution < 1.29 is 9.53 Å². The molecular weight excluding hydrogens is 386 g/mol. The van der Waals surface area contributed by atoms with E-state index in [1.807, 2.05) is 55.5 Å². The Bertz CT molecular complexity index is 1020. The standard InChI is InChI=1S/C26H29N3O2/c1-20-7-3-4-8-23(20)27-26(30)22-13-11-21(12-14-22)19-28-15-17-29(18-16-28)24-9-5-6-10-25(24)31-2/h3-14H,15-19H2,1-2H3,(H,27,30). The Morgan fingerprint density at radius 1 is 0.903 bits per heavy atom. The highest BCUT2D eigenvalue weighted by Crippen LogP contribution is 2.28. The van der Waals surface area contributed by atoms with Gasteiger partial charge in [0.2, 0.25) is 0 Å². The van der Waals surface area contributed by atoms with Crippen LogP contribution >= 0.6 is 0 Å². The normalized spacial score (nSPS) is 14.3. The second kappa shape index (κ2) is 9.67. The highest BCUT2D eigenvalue weighted by molar-refractivity contribution is 6.04. The van der Waals surface area contributed by atoms with Crippen molar-refractivity contribution in [3.05, 3.63) is 89.5 Å². The average Bonchev–Trinajstić information content (AvgIpc) is 2.81. The fourth-order valence-electron chi connectivity index (χ4n) is 3.97. The molecule has 0 saturated carbocycles. The molecule has 5 nitrogen and oxygen atoms in total. The second-order valence-electron chi connectivity index (χ2n) is 7.90. The number of methoxy groups -OCH3 is 1. The number of benzene rings is 3. The van der Waals surface area contributed by atoms with Crippen LogP contribution in [0.1, 0.15) is 21.5 Å². The number of carbonyl (C=O) groups is 1. The number of anilines is 2. The largest absolute Gasteiger partial charge is 0.495 e. The van der Waals surface area contributed by atoms with E-state index in [0.717, 1.165) is 55.4 Å². The maximum atomic E-state index is 12.6. The summed E-state index contributed by atoms with van der Waals surface area (Å²) in [7, 11) is 1.72. The third-order valence-electron chi connectivity index (χ3n) is 5.81. The molecule has 0 atom stereocenters. The van der Waals surface area contributed by atoms with Crippen LogP contribution in [0.15, 0.2) is 72.8 Å². The molecule has 1 heterocycles. The van der Waals surface area contributed by atoms with Gasteiger partial charge in [0.25, 0.3) is 5.91 Å². The van der Waals surface area contributed by atoms with Gasteiger partial charge in [-0.25, -0.2) is 0 Å². The summed E-state index contributed by atoms with van der Waals surface area (Å²) >= 11 is 0. The first-order valence-electron chi connectivity index (χ1n) is 10.7. The predicted octanol–water partition coefficient (Wildman–Crippen LogP) is 4.58. The molecule has 3 aromatic carbocycles. The molecule has 0 aromatic heterocycles. The minimum Gasteiger partial charge on any atom is -0.495 e. The van der Waals surface area contributed by atoms with E-state index in [1.165, 1.54) is 5.56 Å². The number of hydrogen-bond acceptors (Lipinski definition) is 4. The number of amides is 1. The van der Waals surface area contributed by atoms with E-state index in [9.17, 15) is 4.79 Å². The molecule has 0 bridgehead atoms. The minimum absolute atomic E-state index is 0.0775. The summed E-state index contributed by atoms with van der Waals surface area (Å²) in [4.78, 5) is 17.4. The maximum absolute atomic E-state index is 12.6. The van der Waals surface area contributed by atoms with Gasteiger partial charge in [-0.2, -0.15) is 0 Å². The summed E-state index contributed by atoms with van der Waals surface area (Å²) in [6.07, 6.45) is 0. The summed E-state index contributed by atoms with van der Waals surface area (Å²) in [5, 5.41) is 2.99.